The molecule has 176 valence electrons. The van der Waals surface area contributed by atoms with Crippen molar-refractivity contribution >= 4 is 22.8 Å². The van der Waals surface area contributed by atoms with Gasteiger partial charge in [-0.2, -0.15) is 0 Å². The fraction of sp³-hybridized carbons (Fsp3) is 0.320. The highest BCUT2D eigenvalue weighted by atomic mass is 35.5. The highest BCUT2D eigenvalue weighted by Gasteiger charge is 2.19. The van der Waals surface area contributed by atoms with Gasteiger partial charge >= 0.3 is 0 Å². The van der Waals surface area contributed by atoms with Gasteiger partial charge < -0.3 is 4.74 Å². The first kappa shape index (κ1) is 24.0. The number of rotatable bonds is 2. The first-order valence-corrected chi connectivity index (χ1v) is 11.4. The fourth-order valence-corrected chi connectivity index (χ4v) is 3.87. The summed E-state index contributed by atoms with van der Waals surface area (Å²) in [7, 11) is 0. The van der Waals surface area contributed by atoms with Crippen LogP contribution in [0.15, 0.2) is 36.8 Å². The lowest BCUT2D eigenvalue weighted by Crippen LogP contribution is -2.11. The number of aryl methyl sites for hydroxylation is 3. The number of halogens is 3. The van der Waals surface area contributed by atoms with E-state index in [4.69, 9.17) is 16.3 Å². The van der Waals surface area contributed by atoms with E-state index in [1.807, 2.05) is 13.1 Å². The minimum atomic E-state index is -1.11. The van der Waals surface area contributed by atoms with Crippen molar-refractivity contribution in [3.8, 4) is 11.3 Å². The van der Waals surface area contributed by atoms with E-state index in [9.17, 15) is 8.78 Å². The van der Waals surface area contributed by atoms with Crippen molar-refractivity contribution in [3.63, 3.8) is 0 Å². The van der Waals surface area contributed by atoms with Crippen molar-refractivity contribution in [1.82, 2.24) is 24.9 Å². The molecule has 0 N–H and O–H groups in total. The lowest BCUT2D eigenvalue weighted by molar-refractivity contribution is 0.0149. The number of pyridine rings is 1. The third kappa shape index (κ3) is 5.18. The van der Waals surface area contributed by atoms with Crippen LogP contribution in [0, 0.1) is 32.4 Å². The van der Waals surface area contributed by atoms with Crippen LogP contribution >= 0.6 is 11.6 Å². The second-order valence-corrected chi connectivity index (χ2v) is 8.50. The van der Waals surface area contributed by atoms with Crippen LogP contribution in [0.2, 0.25) is 5.02 Å². The van der Waals surface area contributed by atoms with Crippen LogP contribution < -0.4 is 0 Å². The van der Waals surface area contributed by atoms with Crippen LogP contribution in [0.3, 0.4) is 0 Å². The predicted octanol–water partition coefficient (Wildman–Crippen LogP) is 6.27. The largest absolute Gasteiger partial charge is 0.374 e. The molecule has 1 aliphatic heterocycles. The normalized spacial score (nSPS) is 15.6. The maximum absolute atomic E-state index is 14.1. The van der Waals surface area contributed by atoms with Crippen molar-refractivity contribution < 1.29 is 13.5 Å². The zero-order chi connectivity index (χ0) is 24.2. The van der Waals surface area contributed by atoms with E-state index in [2.05, 4.69) is 37.1 Å². The molecule has 0 spiro atoms. The molecule has 1 aromatic carbocycles. The highest BCUT2D eigenvalue weighted by Crippen LogP contribution is 2.30. The molecule has 1 unspecified atom stereocenters. The Bertz CT molecular complexity index is 1330. The van der Waals surface area contributed by atoms with E-state index < -0.39 is 11.6 Å². The van der Waals surface area contributed by atoms with Gasteiger partial charge in [-0.25, -0.2) is 28.7 Å². The maximum Gasteiger partial charge on any atom is 0.182 e. The van der Waals surface area contributed by atoms with Crippen molar-refractivity contribution in [2.24, 2.45) is 0 Å². The molecule has 1 fully saturated rings. The summed E-state index contributed by atoms with van der Waals surface area (Å²) in [5, 5.41) is -0.285. The van der Waals surface area contributed by atoms with Gasteiger partial charge in [0.05, 0.1) is 22.5 Å². The van der Waals surface area contributed by atoms with Gasteiger partial charge in [-0.3, -0.25) is 4.98 Å². The van der Waals surface area contributed by atoms with Gasteiger partial charge in [-0.1, -0.05) is 11.6 Å². The third-order valence-corrected chi connectivity index (χ3v) is 5.93. The van der Waals surface area contributed by atoms with Gasteiger partial charge in [0.2, 0.25) is 0 Å². The Labute approximate surface area is 201 Å². The maximum atomic E-state index is 14.1. The summed E-state index contributed by atoms with van der Waals surface area (Å²) in [5.41, 5.74) is 4.56. The summed E-state index contributed by atoms with van der Waals surface area (Å²) < 4.78 is 33.4. The van der Waals surface area contributed by atoms with Gasteiger partial charge in [0, 0.05) is 24.1 Å². The molecule has 0 radical (unpaired) electrons. The van der Waals surface area contributed by atoms with Crippen molar-refractivity contribution in [1.29, 1.82) is 0 Å². The molecule has 0 bridgehead atoms. The molecule has 4 heterocycles. The number of benzene rings is 1. The molecule has 4 aromatic rings. The molecule has 34 heavy (non-hydrogen) atoms. The Morgan fingerprint density at radius 2 is 1.74 bits per heavy atom. The molecular weight excluding hydrogens is 460 g/mol. The summed E-state index contributed by atoms with van der Waals surface area (Å²) in [6, 6.07) is 6.82. The van der Waals surface area contributed by atoms with Crippen LogP contribution in [0.25, 0.3) is 22.4 Å². The highest BCUT2D eigenvalue weighted by molar-refractivity contribution is 6.30. The van der Waals surface area contributed by atoms with Crippen LogP contribution in [0.5, 0.6) is 0 Å². The summed E-state index contributed by atoms with van der Waals surface area (Å²) in [6.45, 7) is 6.50. The van der Waals surface area contributed by atoms with Gasteiger partial charge in [0.25, 0.3) is 0 Å². The Morgan fingerprint density at radius 1 is 0.941 bits per heavy atom. The number of ether oxygens (including phenoxy) is 1. The van der Waals surface area contributed by atoms with E-state index in [1.165, 1.54) is 36.9 Å². The lowest BCUT2D eigenvalue weighted by atomic mass is 10.0. The molecule has 0 saturated carbocycles. The fourth-order valence-electron chi connectivity index (χ4n) is 3.72. The molecule has 1 aliphatic rings. The third-order valence-electron chi connectivity index (χ3n) is 5.64. The predicted molar refractivity (Wildman–Crippen MR) is 126 cm³/mol. The number of fused-ring (bicyclic) bond motifs is 1. The van der Waals surface area contributed by atoms with Crippen molar-refractivity contribution in [2.75, 3.05) is 6.61 Å². The second-order valence-electron chi connectivity index (χ2n) is 8.10. The quantitative estimate of drug-likeness (QED) is 0.313. The lowest BCUT2D eigenvalue weighted by Gasteiger charge is -2.22. The molecule has 3 aromatic heterocycles. The minimum Gasteiger partial charge on any atom is -0.374 e. The average molecular weight is 484 g/mol. The topological polar surface area (TPSA) is 73.7 Å². The van der Waals surface area contributed by atoms with Crippen molar-refractivity contribution in [3.05, 3.63) is 76.1 Å². The van der Waals surface area contributed by atoms with Crippen LogP contribution in [0.4, 0.5) is 8.78 Å². The second kappa shape index (κ2) is 10.4. The first-order chi connectivity index (χ1) is 16.3. The smallest absolute Gasteiger partial charge is 0.182 e. The summed E-state index contributed by atoms with van der Waals surface area (Å²) in [6.07, 6.45) is 7.07. The van der Waals surface area contributed by atoms with E-state index >= 15 is 0 Å². The van der Waals surface area contributed by atoms with E-state index in [0.29, 0.717) is 23.0 Å². The number of hydrogen-bond acceptors (Lipinski definition) is 6. The average Bonchev–Trinajstić information content (AvgIpc) is 2.84. The van der Waals surface area contributed by atoms with E-state index in [-0.39, 0.29) is 16.3 Å². The minimum absolute atomic E-state index is 0.0261. The Hall–Kier alpha value is -3.10. The monoisotopic (exact) mass is 483 g/mol. The molecule has 1 saturated heterocycles. The standard InChI is InChI=1S/C14H9ClF2N4.C11H15NO/c1-6-7(2)21-14-13(20-6)12(18-5-19-14)8-3-4-9(15)11(17)10(8)16;1-9-8-10(5-6-12-9)11-4-2-3-7-13-11/h3-5H,1-2H3;5-6,8,11H,2-4,7H2,1H3. The van der Waals surface area contributed by atoms with Gasteiger partial charge in [0.15, 0.2) is 17.3 Å². The first-order valence-electron chi connectivity index (χ1n) is 11.0. The van der Waals surface area contributed by atoms with E-state index in [1.54, 1.807) is 13.8 Å². The van der Waals surface area contributed by atoms with Crippen molar-refractivity contribution in [2.45, 2.75) is 46.1 Å². The number of nitrogens with zero attached hydrogens (tertiary/aromatic N) is 5. The molecule has 5 rings (SSSR count). The van der Waals surface area contributed by atoms with E-state index in [0.717, 1.165) is 24.4 Å². The number of hydrogen-bond donors (Lipinski definition) is 0. The van der Waals surface area contributed by atoms with Gasteiger partial charge in [-0.15, -0.1) is 0 Å². The van der Waals surface area contributed by atoms with Crippen LogP contribution in [-0.4, -0.2) is 31.5 Å². The van der Waals surface area contributed by atoms with Crippen LogP contribution in [0.1, 0.15) is 48.0 Å². The molecular formula is C25H24ClF2N5O. The Kier molecular flexibility index (Phi) is 7.38. The molecule has 1 atom stereocenters. The molecule has 6 nitrogen and oxygen atoms in total. The zero-order valence-electron chi connectivity index (χ0n) is 19.1. The molecule has 0 aliphatic carbocycles. The molecule has 9 heteroatoms. The SMILES string of the molecule is Cc1cc(C2CCCCO2)ccn1.Cc1nc2ncnc(-c3ccc(Cl)c(F)c3F)c2nc1C. The zero-order valence-corrected chi connectivity index (χ0v) is 19.9. The Balaban J connectivity index is 0.000000180. The summed E-state index contributed by atoms with van der Waals surface area (Å²) in [5.74, 6) is -2.18. The Morgan fingerprint density at radius 3 is 2.47 bits per heavy atom. The van der Waals surface area contributed by atoms with Crippen LogP contribution in [-0.2, 0) is 4.74 Å². The summed E-state index contributed by atoms with van der Waals surface area (Å²) >= 11 is 5.56. The summed E-state index contributed by atoms with van der Waals surface area (Å²) in [4.78, 5) is 20.8. The van der Waals surface area contributed by atoms with Gasteiger partial charge in [0.1, 0.15) is 17.5 Å². The molecule has 0 amide bonds. The van der Waals surface area contributed by atoms with Gasteiger partial charge in [-0.05, 0) is 69.9 Å². The number of aromatic nitrogens is 5.